The molecule has 5 nitrogen and oxygen atoms in total. The number of hydrogen-bond acceptors (Lipinski definition) is 3. The van der Waals surface area contributed by atoms with Gasteiger partial charge in [-0.1, -0.05) is 35.9 Å². The molecule has 3 rings (SSSR count). The number of piperidine rings is 1. The summed E-state index contributed by atoms with van der Waals surface area (Å²) in [5.74, 6) is -0.181. The highest BCUT2D eigenvalue weighted by molar-refractivity contribution is 7.88. The summed E-state index contributed by atoms with van der Waals surface area (Å²) in [6, 6.07) is 13.4. The first-order valence-electron chi connectivity index (χ1n) is 9.66. The van der Waals surface area contributed by atoms with Crippen molar-refractivity contribution in [3.8, 4) is 0 Å². The minimum absolute atomic E-state index is 0.00812. The summed E-state index contributed by atoms with van der Waals surface area (Å²) >= 11 is 0. The Labute approximate surface area is 167 Å². The van der Waals surface area contributed by atoms with Crippen molar-refractivity contribution < 1.29 is 13.2 Å². The molecule has 2 aromatic rings. The quantitative estimate of drug-likeness (QED) is 0.830. The third-order valence-electron chi connectivity index (χ3n) is 5.42. The van der Waals surface area contributed by atoms with Gasteiger partial charge < -0.3 is 5.32 Å². The standard InChI is InChI=1S/C22H28N2O3S/c1-16-5-4-6-19(13-16)15-28(26,27)24-11-9-20(10-12-24)22(25)23-21-8-7-17(2)18(3)14-21/h4-8,13-14,20H,9-12,15H2,1-3H3,(H,23,25). The largest absolute Gasteiger partial charge is 0.326 e. The van der Waals surface area contributed by atoms with E-state index in [-0.39, 0.29) is 17.6 Å². The molecule has 150 valence electrons. The number of amides is 1. The molecule has 0 saturated carbocycles. The number of nitrogens with zero attached hydrogens (tertiary/aromatic N) is 1. The Morgan fingerprint density at radius 3 is 2.39 bits per heavy atom. The van der Waals surface area contributed by atoms with Gasteiger partial charge in [0.05, 0.1) is 5.75 Å². The van der Waals surface area contributed by atoms with E-state index < -0.39 is 10.0 Å². The monoisotopic (exact) mass is 400 g/mol. The van der Waals surface area contributed by atoms with E-state index in [0.717, 1.165) is 22.4 Å². The van der Waals surface area contributed by atoms with Crippen LogP contribution in [-0.2, 0) is 20.6 Å². The fourth-order valence-electron chi connectivity index (χ4n) is 3.56. The molecule has 28 heavy (non-hydrogen) atoms. The molecule has 0 radical (unpaired) electrons. The first-order chi connectivity index (χ1) is 13.2. The number of carbonyl (C=O) groups excluding carboxylic acids is 1. The van der Waals surface area contributed by atoms with E-state index in [9.17, 15) is 13.2 Å². The van der Waals surface area contributed by atoms with E-state index in [1.165, 1.54) is 9.87 Å². The van der Waals surface area contributed by atoms with Gasteiger partial charge in [0, 0.05) is 24.7 Å². The number of carbonyl (C=O) groups is 1. The molecular weight excluding hydrogens is 372 g/mol. The summed E-state index contributed by atoms with van der Waals surface area (Å²) in [6.07, 6.45) is 1.09. The van der Waals surface area contributed by atoms with Gasteiger partial charge in [-0.05, 0) is 62.4 Å². The number of sulfonamides is 1. The van der Waals surface area contributed by atoms with Crippen LogP contribution >= 0.6 is 0 Å². The van der Waals surface area contributed by atoms with Gasteiger partial charge in [0.15, 0.2) is 0 Å². The number of anilines is 1. The molecule has 0 unspecified atom stereocenters. The molecule has 1 heterocycles. The van der Waals surface area contributed by atoms with Crippen LogP contribution in [0.2, 0.25) is 0 Å². The van der Waals surface area contributed by atoms with E-state index in [2.05, 4.69) is 5.32 Å². The van der Waals surface area contributed by atoms with Crippen LogP contribution in [0.3, 0.4) is 0 Å². The maximum atomic E-state index is 12.7. The molecular formula is C22H28N2O3S. The van der Waals surface area contributed by atoms with Crippen LogP contribution in [0.15, 0.2) is 42.5 Å². The smallest absolute Gasteiger partial charge is 0.227 e. The number of rotatable bonds is 5. The van der Waals surface area contributed by atoms with E-state index in [1.54, 1.807) is 0 Å². The third kappa shape index (κ3) is 5.00. The van der Waals surface area contributed by atoms with Gasteiger partial charge in [0.1, 0.15) is 0 Å². The van der Waals surface area contributed by atoms with E-state index in [4.69, 9.17) is 0 Å². The molecule has 2 aromatic carbocycles. The van der Waals surface area contributed by atoms with Gasteiger partial charge in [-0.3, -0.25) is 4.79 Å². The summed E-state index contributed by atoms with van der Waals surface area (Å²) < 4.78 is 27.0. The summed E-state index contributed by atoms with van der Waals surface area (Å²) in [6.45, 7) is 6.78. The van der Waals surface area contributed by atoms with Crippen molar-refractivity contribution in [3.05, 3.63) is 64.7 Å². The molecule has 0 aromatic heterocycles. The molecule has 1 saturated heterocycles. The summed E-state index contributed by atoms with van der Waals surface area (Å²) in [5, 5.41) is 2.97. The van der Waals surface area contributed by atoms with Crippen LogP contribution in [0.25, 0.3) is 0 Å². The predicted octanol–water partition coefficient (Wildman–Crippen LogP) is 3.79. The maximum absolute atomic E-state index is 12.7. The van der Waals surface area contributed by atoms with Crippen LogP contribution in [-0.4, -0.2) is 31.7 Å². The van der Waals surface area contributed by atoms with Crippen LogP contribution < -0.4 is 5.32 Å². The molecule has 1 amide bonds. The van der Waals surface area contributed by atoms with Gasteiger partial charge >= 0.3 is 0 Å². The molecule has 0 bridgehead atoms. The second kappa shape index (κ2) is 8.45. The van der Waals surface area contributed by atoms with E-state index in [0.29, 0.717) is 25.9 Å². The molecule has 0 aliphatic carbocycles. The lowest BCUT2D eigenvalue weighted by molar-refractivity contribution is -0.120. The predicted molar refractivity (Wildman–Crippen MR) is 113 cm³/mol. The van der Waals surface area contributed by atoms with Gasteiger partial charge in [0.25, 0.3) is 0 Å². The zero-order valence-electron chi connectivity index (χ0n) is 16.7. The fourth-order valence-corrected chi connectivity index (χ4v) is 5.11. The van der Waals surface area contributed by atoms with Gasteiger partial charge in [-0.25, -0.2) is 12.7 Å². The van der Waals surface area contributed by atoms with Crippen molar-refractivity contribution >= 4 is 21.6 Å². The van der Waals surface area contributed by atoms with Crippen molar-refractivity contribution in [2.45, 2.75) is 39.4 Å². The Balaban J connectivity index is 1.57. The molecule has 0 atom stereocenters. The van der Waals surface area contributed by atoms with Gasteiger partial charge in [-0.2, -0.15) is 0 Å². The van der Waals surface area contributed by atoms with Crippen LogP contribution in [0.4, 0.5) is 5.69 Å². The van der Waals surface area contributed by atoms with Crippen LogP contribution in [0.1, 0.15) is 35.1 Å². The third-order valence-corrected chi connectivity index (χ3v) is 7.27. The summed E-state index contributed by atoms with van der Waals surface area (Å²) in [5.41, 5.74) is 4.96. The Morgan fingerprint density at radius 1 is 1.04 bits per heavy atom. The molecule has 1 fully saturated rings. The Hall–Kier alpha value is -2.18. The molecule has 1 aliphatic rings. The molecule has 0 spiro atoms. The Kier molecular flexibility index (Phi) is 6.20. The number of benzene rings is 2. The van der Waals surface area contributed by atoms with Crippen molar-refractivity contribution in [1.82, 2.24) is 4.31 Å². The molecule has 6 heteroatoms. The zero-order chi connectivity index (χ0) is 20.3. The normalized spacial score (nSPS) is 16.1. The molecule has 1 aliphatic heterocycles. The fraction of sp³-hybridized carbons (Fsp3) is 0.409. The molecule has 1 N–H and O–H groups in total. The zero-order valence-corrected chi connectivity index (χ0v) is 17.6. The van der Waals surface area contributed by atoms with Crippen molar-refractivity contribution in [1.29, 1.82) is 0 Å². The van der Waals surface area contributed by atoms with Crippen LogP contribution in [0.5, 0.6) is 0 Å². The van der Waals surface area contributed by atoms with Crippen molar-refractivity contribution in [2.75, 3.05) is 18.4 Å². The highest BCUT2D eigenvalue weighted by Gasteiger charge is 2.31. The Morgan fingerprint density at radius 2 is 1.75 bits per heavy atom. The average Bonchev–Trinajstić information content (AvgIpc) is 2.64. The lowest BCUT2D eigenvalue weighted by Gasteiger charge is -2.30. The lowest BCUT2D eigenvalue weighted by atomic mass is 9.97. The highest BCUT2D eigenvalue weighted by Crippen LogP contribution is 2.24. The number of hydrogen-bond donors (Lipinski definition) is 1. The maximum Gasteiger partial charge on any atom is 0.227 e. The summed E-state index contributed by atoms with van der Waals surface area (Å²) in [4.78, 5) is 12.6. The highest BCUT2D eigenvalue weighted by atomic mass is 32.2. The van der Waals surface area contributed by atoms with E-state index >= 15 is 0 Å². The van der Waals surface area contributed by atoms with E-state index in [1.807, 2.05) is 63.2 Å². The van der Waals surface area contributed by atoms with Crippen molar-refractivity contribution in [2.24, 2.45) is 5.92 Å². The first-order valence-corrected chi connectivity index (χ1v) is 11.3. The first kappa shape index (κ1) is 20.6. The second-order valence-corrected chi connectivity index (χ2v) is 9.68. The van der Waals surface area contributed by atoms with Crippen molar-refractivity contribution in [3.63, 3.8) is 0 Å². The minimum Gasteiger partial charge on any atom is -0.326 e. The van der Waals surface area contributed by atoms with Gasteiger partial charge in [-0.15, -0.1) is 0 Å². The lowest BCUT2D eigenvalue weighted by Crippen LogP contribution is -2.41. The second-order valence-electron chi connectivity index (χ2n) is 7.71. The number of aryl methyl sites for hydroxylation is 3. The van der Waals surface area contributed by atoms with Gasteiger partial charge in [0.2, 0.25) is 15.9 Å². The SMILES string of the molecule is Cc1cccc(CS(=O)(=O)N2CCC(C(=O)Nc3ccc(C)c(C)c3)CC2)c1. The summed E-state index contributed by atoms with van der Waals surface area (Å²) in [7, 11) is -3.37. The van der Waals surface area contributed by atoms with Crippen LogP contribution in [0, 0.1) is 26.7 Å². The number of nitrogens with one attached hydrogen (secondary N) is 1. The topological polar surface area (TPSA) is 66.5 Å². The minimum atomic E-state index is -3.37. The average molecular weight is 401 g/mol. The Bertz CT molecular complexity index is 961.